The van der Waals surface area contributed by atoms with Gasteiger partial charge in [0, 0.05) is 11.1 Å². The van der Waals surface area contributed by atoms with Crippen LogP contribution in [0.2, 0.25) is 0 Å². The molecule has 2 heterocycles. The van der Waals surface area contributed by atoms with Crippen LogP contribution in [-0.2, 0) is 0 Å². The van der Waals surface area contributed by atoms with Crippen LogP contribution in [0.5, 0.6) is 0 Å². The van der Waals surface area contributed by atoms with E-state index in [4.69, 9.17) is 9.97 Å². The van der Waals surface area contributed by atoms with E-state index in [1.165, 1.54) is 11.1 Å². The number of aryl methyl sites for hydroxylation is 2. The summed E-state index contributed by atoms with van der Waals surface area (Å²) in [5.74, 6) is 0. The van der Waals surface area contributed by atoms with Crippen LogP contribution < -0.4 is 0 Å². The average molecular weight is 336 g/mol. The number of hydrogen-bond donors (Lipinski definition) is 0. The highest BCUT2D eigenvalue weighted by molar-refractivity contribution is 5.69. The molecule has 0 bridgehead atoms. The highest BCUT2D eigenvalue weighted by atomic mass is 14.8. The molecule has 0 N–H and O–H groups in total. The fourth-order valence-electron chi connectivity index (χ4n) is 3.18. The summed E-state index contributed by atoms with van der Waals surface area (Å²) >= 11 is 0. The molecular formula is C24H20N2. The van der Waals surface area contributed by atoms with Gasteiger partial charge >= 0.3 is 0 Å². The molecule has 0 aliphatic carbocycles. The van der Waals surface area contributed by atoms with Gasteiger partial charge in [0.25, 0.3) is 0 Å². The average Bonchev–Trinajstić information content (AvgIpc) is 2.69. The van der Waals surface area contributed by atoms with Crippen LogP contribution in [0.1, 0.15) is 11.1 Å². The van der Waals surface area contributed by atoms with Crippen LogP contribution in [0.25, 0.3) is 33.9 Å². The molecule has 0 amide bonds. The van der Waals surface area contributed by atoms with Crippen LogP contribution in [0.4, 0.5) is 0 Å². The summed E-state index contributed by atoms with van der Waals surface area (Å²) in [5.41, 5.74) is 8.49. The Balaban J connectivity index is 1.78. The number of hydrogen-bond acceptors (Lipinski definition) is 2. The lowest BCUT2D eigenvalue weighted by atomic mass is 10.0. The predicted molar refractivity (Wildman–Crippen MR) is 108 cm³/mol. The summed E-state index contributed by atoms with van der Waals surface area (Å²) in [4.78, 5) is 9.74. The van der Waals surface area contributed by atoms with Crippen molar-refractivity contribution in [3.8, 4) is 33.9 Å². The van der Waals surface area contributed by atoms with Gasteiger partial charge in [0.1, 0.15) is 0 Å². The summed E-state index contributed by atoms with van der Waals surface area (Å²) < 4.78 is 0. The molecule has 2 aromatic heterocycles. The SMILES string of the molecule is Cc1ccccc1-c1cccc(-c2cccc(-c3ccccc3C)n2)n1. The third kappa shape index (κ3) is 3.14. The first-order valence-corrected chi connectivity index (χ1v) is 8.79. The van der Waals surface area contributed by atoms with E-state index in [2.05, 4.69) is 62.4 Å². The highest BCUT2D eigenvalue weighted by Crippen LogP contribution is 2.26. The van der Waals surface area contributed by atoms with Gasteiger partial charge in [-0.2, -0.15) is 0 Å². The molecule has 2 aromatic carbocycles. The second kappa shape index (κ2) is 6.93. The Morgan fingerprint density at radius 3 is 1.23 bits per heavy atom. The van der Waals surface area contributed by atoms with Crippen molar-refractivity contribution < 1.29 is 0 Å². The van der Waals surface area contributed by atoms with Crippen molar-refractivity contribution in [2.24, 2.45) is 0 Å². The van der Waals surface area contributed by atoms with Crippen molar-refractivity contribution in [3.63, 3.8) is 0 Å². The van der Waals surface area contributed by atoms with Crippen molar-refractivity contribution in [3.05, 3.63) is 96.1 Å². The van der Waals surface area contributed by atoms with E-state index in [0.717, 1.165) is 33.9 Å². The first-order valence-electron chi connectivity index (χ1n) is 8.79. The monoisotopic (exact) mass is 336 g/mol. The Labute approximate surface area is 154 Å². The van der Waals surface area contributed by atoms with E-state index in [1.807, 2.05) is 36.4 Å². The Morgan fingerprint density at radius 2 is 0.808 bits per heavy atom. The van der Waals surface area contributed by atoms with Gasteiger partial charge in [0.2, 0.25) is 0 Å². The lowest BCUT2D eigenvalue weighted by Crippen LogP contribution is -1.93. The van der Waals surface area contributed by atoms with Gasteiger partial charge in [0.05, 0.1) is 22.8 Å². The molecule has 0 aliphatic heterocycles. The number of rotatable bonds is 3. The Kier molecular flexibility index (Phi) is 4.32. The van der Waals surface area contributed by atoms with E-state index in [-0.39, 0.29) is 0 Å². The third-order valence-electron chi connectivity index (χ3n) is 4.60. The van der Waals surface area contributed by atoms with Gasteiger partial charge in [-0.25, -0.2) is 9.97 Å². The summed E-state index contributed by atoms with van der Waals surface area (Å²) in [6, 6.07) is 28.9. The van der Waals surface area contributed by atoms with Crippen molar-refractivity contribution in [1.82, 2.24) is 9.97 Å². The first kappa shape index (κ1) is 16.2. The zero-order valence-electron chi connectivity index (χ0n) is 15.0. The molecule has 26 heavy (non-hydrogen) atoms. The van der Waals surface area contributed by atoms with E-state index in [9.17, 15) is 0 Å². The molecule has 2 nitrogen and oxygen atoms in total. The molecule has 0 spiro atoms. The molecule has 0 aliphatic rings. The summed E-state index contributed by atoms with van der Waals surface area (Å²) in [6.07, 6.45) is 0. The van der Waals surface area contributed by atoms with E-state index < -0.39 is 0 Å². The Morgan fingerprint density at radius 1 is 0.423 bits per heavy atom. The molecule has 0 radical (unpaired) electrons. The van der Waals surface area contributed by atoms with Gasteiger partial charge in [0.15, 0.2) is 0 Å². The van der Waals surface area contributed by atoms with Crippen molar-refractivity contribution in [2.75, 3.05) is 0 Å². The largest absolute Gasteiger partial charge is 0.246 e. The topological polar surface area (TPSA) is 25.8 Å². The second-order valence-corrected chi connectivity index (χ2v) is 6.45. The lowest BCUT2D eigenvalue weighted by molar-refractivity contribution is 1.24. The Hall–Kier alpha value is -3.26. The summed E-state index contributed by atoms with van der Waals surface area (Å²) in [7, 11) is 0. The van der Waals surface area contributed by atoms with Gasteiger partial charge in [-0.15, -0.1) is 0 Å². The molecule has 0 atom stereocenters. The van der Waals surface area contributed by atoms with Crippen molar-refractivity contribution in [2.45, 2.75) is 13.8 Å². The molecule has 2 heteroatoms. The number of benzene rings is 2. The fraction of sp³-hybridized carbons (Fsp3) is 0.0833. The molecule has 0 unspecified atom stereocenters. The molecule has 4 aromatic rings. The maximum atomic E-state index is 4.87. The zero-order chi connectivity index (χ0) is 17.9. The maximum Gasteiger partial charge on any atom is 0.0893 e. The fourth-order valence-corrected chi connectivity index (χ4v) is 3.18. The van der Waals surface area contributed by atoms with E-state index in [1.54, 1.807) is 0 Å². The third-order valence-corrected chi connectivity index (χ3v) is 4.60. The minimum Gasteiger partial charge on any atom is -0.246 e. The normalized spacial score (nSPS) is 10.7. The molecular weight excluding hydrogens is 316 g/mol. The minimum atomic E-state index is 0.890. The molecule has 0 fully saturated rings. The van der Waals surface area contributed by atoms with Crippen LogP contribution >= 0.6 is 0 Å². The van der Waals surface area contributed by atoms with Crippen LogP contribution in [0.3, 0.4) is 0 Å². The van der Waals surface area contributed by atoms with Crippen LogP contribution in [0.15, 0.2) is 84.9 Å². The van der Waals surface area contributed by atoms with Gasteiger partial charge < -0.3 is 0 Å². The maximum absolute atomic E-state index is 4.87. The quantitative estimate of drug-likeness (QED) is 0.452. The predicted octanol–water partition coefficient (Wildman–Crippen LogP) is 6.09. The Bertz CT molecular complexity index is 980. The highest BCUT2D eigenvalue weighted by Gasteiger charge is 2.08. The van der Waals surface area contributed by atoms with Crippen molar-refractivity contribution in [1.29, 1.82) is 0 Å². The van der Waals surface area contributed by atoms with E-state index >= 15 is 0 Å². The zero-order valence-corrected chi connectivity index (χ0v) is 15.0. The van der Waals surface area contributed by atoms with Crippen molar-refractivity contribution >= 4 is 0 Å². The summed E-state index contributed by atoms with van der Waals surface area (Å²) in [6.45, 7) is 4.22. The van der Waals surface area contributed by atoms with Crippen LogP contribution in [-0.4, -0.2) is 9.97 Å². The first-order chi connectivity index (χ1) is 12.7. The van der Waals surface area contributed by atoms with E-state index in [0.29, 0.717) is 0 Å². The molecule has 126 valence electrons. The van der Waals surface area contributed by atoms with Gasteiger partial charge in [-0.3, -0.25) is 0 Å². The molecule has 4 rings (SSSR count). The smallest absolute Gasteiger partial charge is 0.0893 e. The number of nitrogens with zero attached hydrogens (tertiary/aromatic N) is 2. The molecule has 0 saturated carbocycles. The number of pyridine rings is 2. The van der Waals surface area contributed by atoms with Crippen LogP contribution in [0, 0.1) is 13.8 Å². The van der Waals surface area contributed by atoms with Gasteiger partial charge in [-0.05, 0) is 49.2 Å². The molecule has 0 saturated heterocycles. The minimum absolute atomic E-state index is 0.890. The lowest BCUT2D eigenvalue weighted by Gasteiger charge is -2.09. The van der Waals surface area contributed by atoms with Gasteiger partial charge in [-0.1, -0.05) is 60.7 Å². The summed E-state index contributed by atoms with van der Waals surface area (Å²) in [5, 5.41) is 0. The second-order valence-electron chi connectivity index (χ2n) is 6.45. The standard InChI is InChI=1S/C24H20N2/c1-17-9-3-5-11-19(17)21-13-7-15-23(25-21)24-16-8-14-22(26-24)20-12-6-4-10-18(20)2/h3-16H,1-2H3. The number of aromatic nitrogens is 2.